The monoisotopic (exact) mass is 269 g/mol. The van der Waals surface area contributed by atoms with Gasteiger partial charge in [0.05, 0.1) is 13.0 Å². The van der Waals surface area contributed by atoms with Gasteiger partial charge in [-0.25, -0.2) is 0 Å². The SMILES string of the molecule is CCOCCC(=O)N1C2CCC1CC(CC(=O)O)C2. The molecule has 0 aromatic rings. The Morgan fingerprint density at radius 1 is 1.26 bits per heavy atom. The summed E-state index contributed by atoms with van der Waals surface area (Å²) < 4.78 is 5.23. The van der Waals surface area contributed by atoms with E-state index in [1.165, 1.54) is 0 Å². The minimum absolute atomic E-state index is 0.176. The third-order valence-electron chi connectivity index (χ3n) is 4.25. The van der Waals surface area contributed by atoms with Gasteiger partial charge in [0.1, 0.15) is 0 Å². The van der Waals surface area contributed by atoms with E-state index in [4.69, 9.17) is 9.84 Å². The van der Waals surface area contributed by atoms with Crippen LogP contribution in [-0.2, 0) is 14.3 Å². The number of carboxylic acids is 1. The summed E-state index contributed by atoms with van der Waals surface area (Å²) in [4.78, 5) is 25.0. The van der Waals surface area contributed by atoms with Crippen LogP contribution in [0.4, 0.5) is 0 Å². The zero-order chi connectivity index (χ0) is 13.8. The molecule has 2 fully saturated rings. The molecule has 2 bridgehead atoms. The first-order valence-electron chi connectivity index (χ1n) is 7.22. The van der Waals surface area contributed by atoms with Crippen LogP contribution < -0.4 is 0 Å². The molecule has 5 nitrogen and oxygen atoms in total. The molecule has 2 aliphatic rings. The van der Waals surface area contributed by atoms with Crippen LogP contribution in [0.15, 0.2) is 0 Å². The van der Waals surface area contributed by atoms with Crippen LogP contribution >= 0.6 is 0 Å². The van der Waals surface area contributed by atoms with E-state index in [-0.39, 0.29) is 30.3 Å². The highest BCUT2D eigenvalue weighted by Gasteiger charge is 2.43. The Labute approximate surface area is 113 Å². The molecule has 5 heteroatoms. The van der Waals surface area contributed by atoms with Crippen LogP contribution in [0.5, 0.6) is 0 Å². The van der Waals surface area contributed by atoms with E-state index < -0.39 is 5.97 Å². The first-order valence-corrected chi connectivity index (χ1v) is 7.22. The molecule has 1 N–H and O–H groups in total. The van der Waals surface area contributed by atoms with Crippen LogP contribution in [0.25, 0.3) is 0 Å². The molecular weight excluding hydrogens is 246 g/mol. The van der Waals surface area contributed by atoms with Crippen LogP contribution in [0.3, 0.4) is 0 Å². The molecule has 1 amide bonds. The maximum atomic E-state index is 12.2. The van der Waals surface area contributed by atoms with Crippen LogP contribution in [0.1, 0.15) is 45.4 Å². The van der Waals surface area contributed by atoms with E-state index in [1.54, 1.807) is 0 Å². The van der Waals surface area contributed by atoms with Crippen molar-refractivity contribution in [2.24, 2.45) is 5.92 Å². The smallest absolute Gasteiger partial charge is 0.303 e. The van der Waals surface area contributed by atoms with Crippen molar-refractivity contribution in [3.63, 3.8) is 0 Å². The Hall–Kier alpha value is -1.10. The lowest BCUT2D eigenvalue weighted by Crippen LogP contribution is -2.47. The van der Waals surface area contributed by atoms with Crippen molar-refractivity contribution in [1.29, 1.82) is 0 Å². The van der Waals surface area contributed by atoms with Crippen molar-refractivity contribution in [2.75, 3.05) is 13.2 Å². The molecule has 2 heterocycles. The summed E-state index contributed by atoms with van der Waals surface area (Å²) in [5, 5.41) is 8.88. The van der Waals surface area contributed by atoms with Gasteiger partial charge in [0.25, 0.3) is 0 Å². The van der Waals surface area contributed by atoms with E-state index in [1.807, 2.05) is 11.8 Å². The summed E-state index contributed by atoms with van der Waals surface area (Å²) in [5.74, 6) is -0.304. The number of piperidine rings is 1. The Kier molecular flexibility index (Phi) is 4.80. The third-order valence-corrected chi connectivity index (χ3v) is 4.25. The summed E-state index contributed by atoms with van der Waals surface area (Å²) in [6.45, 7) is 3.05. The fraction of sp³-hybridized carbons (Fsp3) is 0.857. The first kappa shape index (κ1) is 14.3. The molecule has 2 atom stereocenters. The zero-order valence-corrected chi connectivity index (χ0v) is 11.5. The van der Waals surface area contributed by atoms with E-state index in [9.17, 15) is 9.59 Å². The topological polar surface area (TPSA) is 66.8 Å². The number of fused-ring (bicyclic) bond motifs is 2. The second-order valence-corrected chi connectivity index (χ2v) is 5.57. The van der Waals surface area contributed by atoms with Gasteiger partial charge in [-0.1, -0.05) is 0 Å². The van der Waals surface area contributed by atoms with Crippen molar-refractivity contribution < 1.29 is 19.4 Å². The Balaban J connectivity index is 1.88. The minimum atomic E-state index is -0.722. The summed E-state index contributed by atoms with van der Waals surface area (Å²) >= 11 is 0. The summed E-state index contributed by atoms with van der Waals surface area (Å²) in [5.41, 5.74) is 0. The molecule has 0 aliphatic carbocycles. The highest BCUT2D eigenvalue weighted by Crippen LogP contribution is 2.40. The number of ether oxygens (including phenoxy) is 1. The normalized spacial score (nSPS) is 29.5. The average Bonchev–Trinajstić information content (AvgIpc) is 2.61. The maximum Gasteiger partial charge on any atom is 0.303 e. The average molecular weight is 269 g/mol. The number of aliphatic carboxylic acids is 1. The van der Waals surface area contributed by atoms with Gasteiger partial charge in [-0.3, -0.25) is 9.59 Å². The van der Waals surface area contributed by atoms with Crippen molar-refractivity contribution in [2.45, 2.75) is 57.5 Å². The van der Waals surface area contributed by atoms with Gasteiger partial charge >= 0.3 is 5.97 Å². The lowest BCUT2D eigenvalue weighted by molar-refractivity contribution is -0.140. The Morgan fingerprint density at radius 2 is 1.89 bits per heavy atom. The van der Waals surface area contributed by atoms with Crippen LogP contribution in [-0.4, -0.2) is 47.2 Å². The molecule has 2 rings (SSSR count). The lowest BCUT2D eigenvalue weighted by atomic mass is 9.88. The van der Waals surface area contributed by atoms with Gasteiger partial charge in [0, 0.05) is 25.1 Å². The molecule has 0 aromatic heterocycles. The second kappa shape index (κ2) is 6.37. The molecule has 108 valence electrons. The first-order chi connectivity index (χ1) is 9.11. The molecule has 0 aromatic carbocycles. The van der Waals surface area contributed by atoms with E-state index in [0.29, 0.717) is 19.6 Å². The molecular formula is C14H23NO4. The van der Waals surface area contributed by atoms with Gasteiger partial charge in [-0.05, 0) is 38.5 Å². The Bertz CT molecular complexity index is 330. The number of hydrogen-bond donors (Lipinski definition) is 1. The lowest BCUT2D eigenvalue weighted by Gasteiger charge is -2.38. The zero-order valence-electron chi connectivity index (χ0n) is 11.5. The number of carbonyl (C=O) groups is 2. The van der Waals surface area contributed by atoms with Gasteiger partial charge in [-0.2, -0.15) is 0 Å². The highest BCUT2D eigenvalue weighted by atomic mass is 16.5. The molecule has 2 saturated heterocycles. The van der Waals surface area contributed by atoms with E-state index >= 15 is 0 Å². The molecule has 0 saturated carbocycles. The number of nitrogens with zero attached hydrogens (tertiary/aromatic N) is 1. The Morgan fingerprint density at radius 3 is 2.42 bits per heavy atom. The molecule has 0 spiro atoms. The maximum absolute atomic E-state index is 12.2. The fourth-order valence-corrected chi connectivity index (χ4v) is 3.54. The standard InChI is InChI=1S/C14H23NO4/c1-2-19-6-5-13(16)15-11-3-4-12(15)8-10(7-11)9-14(17)18/h10-12H,2-9H2,1H3,(H,17,18). The quantitative estimate of drug-likeness (QED) is 0.745. The predicted molar refractivity (Wildman–Crippen MR) is 69.7 cm³/mol. The van der Waals surface area contributed by atoms with E-state index in [0.717, 1.165) is 25.7 Å². The van der Waals surface area contributed by atoms with Crippen molar-refractivity contribution in [3.05, 3.63) is 0 Å². The largest absolute Gasteiger partial charge is 0.481 e. The number of carbonyl (C=O) groups excluding carboxylic acids is 1. The van der Waals surface area contributed by atoms with Gasteiger partial charge in [0.2, 0.25) is 5.91 Å². The summed E-state index contributed by atoms with van der Waals surface area (Å²) in [6.07, 6.45) is 4.45. The summed E-state index contributed by atoms with van der Waals surface area (Å²) in [7, 11) is 0. The van der Waals surface area contributed by atoms with Gasteiger partial charge in [-0.15, -0.1) is 0 Å². The number of rotatable bonds is 6. The minimum Gasteiger partial charge on any atom is -0.481 e. The van der Waals surface area contributed by atoms with E-state index in [2.05, 4.69) is 0 Å². The molecule has 19 heavy (non-hydrogen) atoms. The molecule has 0 radical (unpaired) electrons. The van der Waals surface area contributed by atoms with Crippen LogP contribution in [0, 0.1) is 5.92 Å². The molecule has 2 aliphatic heterocycles. The predicted octanol–water partition coefficient (Wildman–Crippen LogP) is 1.66. The fourth-order valence-electron chi connectivity index (χ4n) is 3.54. The van der Waals surface area contributed by atoms with Crippen molar-refractivity contribution in [3.8, 4) is 0 Å². The highest BCUT2D eigenvalue weighted by molar-refractivity contribution is 5.77. The van der Waals surface area contributed by atoms with Crippen LogP contribution in [0.2, 0.25) is 0 Å². The number of amides is 1. The number of hydrogen-bond acceptors (Lipinski definition) is 3. The second-order valence-electron chi connectivity index (χ2n) is 5.57. The molecule has 2 unspecified atom stereocenters. The van der Waals surface area contributed by atoms with Gasteiger partial charge < -0.3 is 14.7 Å². The third kappa shape index (κ3) is 3.47. The van der Waals surface area contributed by atoms with Crippen molar-refractivity contribution >= 4 is 11.9 Å². The summed E-state index contributed by atoms with van der Waals surface area (Å²) in [6, 6.07) is 0.523. The number of carboxylic acid groups (broad SMARTS) is 1. The van der Waals surface area contributed by atoms with Gasteiger partial charge in [0.15, 0.2) is 0 Å². The van der Waals surface area contributed by atoms with Crippen molar-refractivity contribution in [1.82, 2.24) is 4.90 Å².